The zero-order valence-corrected chi connectivity index (χ0v) is 10.7. The summed E-state index contributed by atoms with van der Waals surface area (Å²) in [5.74, 6) is 0. The number of rotatable bonds is 3. The zero-order valence-electron chi connectivity index (χ0n) is 9.91. The third-order valence-electron chi connectivity index (χ3n) is 2.93. The molecule has 8 heteroatoms. The SMILES string of the molecule is CNC1=N[C@@H]2[C@@H](O)[C@H](O)[C@@H](CNCC#N)O[C@@H]2S1. The van der Waals surface area contributed by atoms with Crippen molar-refractivity contribution in [3.63, 3.8) is 0 Å². The molecule has 7 nitrogen and oxygen atoms in total. The van der Waals surface area contributed by atoms with E-state index >= 15 is 0 Å². The highest BCUT2D eigenvalue weighted by Crippen LogP contribution is 2.35. The summed E-state index contributed by atoms with van der Waals surface area (Å²) in [5, 5.41) is 34.8. The van der Waals surface area contributed by atoms with Gasteiger partial charge in [0, 0.05) is 13.6 Å². The summed E-state index contributed by atoms with van der Waals surface area (Å²) in [6.07, 6.45) is -2.48. The van der Waals surface area contributed by atoms with Crippen LogP contribution in [0.2, 0.25) is 0 Å². The number of amidine groups is 1. The first-order chi connectivity index (χ1) is 8.67. The predicted octanol–water partition coefficient (Wildman–Crippen LogP) is -1.76. The molecule has 0 aromatic rings. The van der Waals surface area contributed by atoms with Gasteiger partial charge in [0.15, 0.2) is 5.17 Å². The second kappa shape index (κ2) is 5.86. The highest BCUT2D eigenvalue weighted by molar-refractivity contribution is 8.14. The summed E-state index contributed by atoms with van der Waals surface area (Å²) in [7, 11) is 1.75. The number of hydrogen-bond acceptors (Lipinski definition) is 8. The van der Waals surface area contributed by atoms with E-state index in [2.05, 4.69) is 15.6 Å². The maximum Gasteiger partial charge on any atom is 0.159 e. The summed E-state index contributed by atoms with van der Waals surface area (Å²) in [6.45, 7) is 0.507. The summed E-state index contributed by atoms with van der Waals surface area (Å²) >= 11 is 1.40. The van der Waals surface area contributed by atoms with Gasteiger partial charge in [0.25, 0.3) is 0 Å². The predicted molar refractivity (Wildman–Crippen MR) is 67.0 cm³/mol. The van der Waals surface area contributed by atoms with Gasteiger partial charge in [-0.15, -0.1) is 0 Å². The number of thioether (sulfide) groups is 1. The molecular weight excluding hydrogens is 256 g/mol. The van der Waals surface area contributed by atoms with Crippen LogP contribution < -0.4 is 10.6 Å². The molecule has 0 bridgehead atoms. The van der Waals surface area contributed by atoms with Crippen LogP contribution in [0.15, 0.2) is 4.99 Å². The summed E-state index contributed by atoms with van der Waals surface area (Å²) in [4.78, 5) is 4.25. The quantitative estimate of drug-likeness (QED) is 0.356. The normalized spacial score (nSPS) is 38.8. The fraction of sp³-hybridized carbons (Fsp3) is 0.800. The van der Waals surface area contributed by atoms with Crippen molar-refractivity contribution in [2.24, 2.45) is 4.99 Å². The molecule has 0 aliphatic carbocycles. The highest BCUT2D eigenvalue weighted by Gasteiger charge is 2.47. The van der Waals surface area contributed by atoms with Crippen molar-refractivity contribution in [2.75, 3.05) is 20.1 Å². The smallest absolute Gasteiger partial charge is 0.159 e. The monoisotopic (exact) mass is 272 g/mol. The van der Waals surface area contributed by atoms with Gasteiger partial charge < -0.3 is 25.6 Å². The first-order valence-corrected chi connectivity index (χ1v) is 6.56. The van der Waals surface area contributed by atoms with Crippen LogP contribution in [0.3, 0.4) is 0 Å². The second-order valence-corrected chi connectivity index (χ2v) is 5.19. The van der Waals surface area contributed by atoms with Gasteiger partial charge in [-0.05, 0) is 0 Å². The lowest BCUT2D eigenvalue weighted by Gasteiger charge is -2.38. The average Bonchev–Trinajstić information content (AvgIpc) is 2.79. The van der Waals surface area contributed by atoms with Gasteiger partial charge in [0.05, 0.1) is 12.6 Å². The Morgan fingerprint density at radius 3 is 2.94 bits per heavy atom. The molecule has 0 radical (unpaired) electrons. The Hall–Kier alpha value is -0.850. The minimum Gasteiger partial charge on any atom is -0.388 e. The van der Waals surface area contributed by atoms with E-state index in [1.165, 1.54) is 11.8 Å². The van der Waals surface area contributed by atoms with Crippen molar-refractivity contribution in [1.29, 1.82) is 5.26 Å². The molecule has 18 heavy (non-hydrogen) atoms. The molecule has 4 N–H and O–H groups in total. The molecule has 100 valence electrons. The number of nitrogens with one attached hydrogen (secondary N) is 2. The van der Waals surface area contributed by atoms with Crippen LogP contribution in [0.25, 0.3) is 0 Å². The van der Waals surface area contributed by atoms with Gasteiger partial charge in [-0.2, -0.15) is 5.26 Å². The Morgan fingerprint density at radius 1 is 1.50 bits per heavy atom. The van der Waals surface area contributed by atoms with E-state index in [9.17, 15) is 10.2 Å². The molecule has 1 fully saturated rings. The van der Waals surface area contributed by atoms with E-state index < -0.39 is 24.4 Å². The van der Waals surface area contributed by atoms with Crippen LogP contribution in [0.4, 0.5) is 0 Å². The Labute approximate surface area is 109 Å². The number of aliphatic hydroxyl groups is 2. The highest BCUT2D eigenvalue weighted by atomic mass is 32.2. The zero-order chi connectivity index (χ0) is 13.1. The molecular formula is C10H16N4O3S. The number of nitriles is 1. The third kappa shape index (κ3) is 2.60. The molecule has 2 aliphatic rings. The maximum absolute atomic E-state index is 10.0. The van der Waals surface area contributed by atoms with Crippen molar-refractivity contribution in [2.45, 2.75) is 29.8 Å². The molecule has 1 saturated heterocycles. The molecule has 2 aliphatic heterocycles. The molecule has 0 aromatic heterocycles. The topological polar surface area (TPSA) is 110 Å². The van der Waals surface area contributed by atoms with Crippen LogP contribution in [0, 0.1) is 11.3 Å². The van der Waals surface area contributed by atoms with E-state index in [0.717, 1.165) is 0 Å². The maximum atomic E-state index is 10.0. The molecule has 5 atom stereocenters. The molecule has 2 heterocycles. The Balaban J connectivity index is 1.97. The molecule has 0 amide bonds. The molecule has 0 unspecified atom stereocenters. The van der Waals surface area contributed by atoms with Crippen molar-refractivity contribution < 1.29 is 14.9 Å². The van der Waals surface area contributed by atoms with Crippen LogP contribution in [-0.2, 0) is 4.74 Å². The average molecular weight is 272 g/mol. The van der Waals surface area contributed by atoms with Gasteiger partial charge in [-0.1, -0.05) is 11.8 Å². The van der Waals surface area contributed by atoms with E-state index in [1.807, 2.05) is 6.07 Å². The van der Waals surface area contributed by atoms with Crippen molar-refractivity contribution in [3.8, 4) is 6.07 Å². The van der Waals surface area contributed by atoms with E-state index in [-0.39, 0.29) is 12.0 Å². The van der Waals surface area contributed by atoms with E-state index in [0.29, 0.717) is 11.7 Å². The van der Waals surface area contributed by atoms with Crippen LogP contribution in [0.5, 0.6) is 0 Å². The Kier molecular flexibility index (Phi) is 4.42. The van der Waals surface area contributed by atoms with Crippen LogP contribution >= 0.6 is 11.8 Å². The van der Waals surface area contributed by atoms with Crippen LogP contribution in [-0.4, -0.2) is 65.3 Å². The molecule has 0 saturated carbocycles. The number of hydrogen-bond donors (Lipinski definition) is 4. The van der Waals surface area contributed by atoms with Gasteiger partial charge in [-0.25, -0.2) is 0 Å². The fourth-order valence-electron chi connectivity index (χ4n) is 1.99. The third-order valence-corrected chi connectivity index (χ3v) is 4.08. The number of nitrogens with zero attached hydrogens (tertiary/aromatic N) is 2. The van der Waals surface area contributed by atoms with Gasteiger partial charge in [0.2, 0.25) is 0 Å². The number of aliphatic imine (C=N–C) groups is 1. The van der Waals surface area contributed by atoms with Crippen molar-refractivity contribution >= 4 is 16.9 Å². The number of aliphatic hydroxyl groups excluding tert-OH is 2. The van der Waals surface area contributed by atoms with E-state index in [1.54, 1.807) is 7.05 Å². The Bertz CT molecular complexity index is 373. The lowest BCUT2D eigenvalue weighted by atomic mass is 9.98. The van der Waals surface area contributed by atoms with Gasteiger partial charge in [-0.3, -0.25) is 4.99 Å². The molecule has 0 spiro atoms. The summed E-state index contributed by atoms with van der Waals surface area (Å²) in [5.41, 5.74) is -0.292. The van der Waals surface area contributed by atoms with Gasteiger partial charge >= 0.3 is 0 Å². The summed E-state index contributed by atoms with van der Waals surface area (Å²) in [6, 6.07) is 1.50. The van der Waals surface area contributed by atoms with Crippen LogP contribution in [0.1, 0.15) is 0 Å². The van der Waals surface area contributed by atoms with Crippen molar-refractivity contribution in [1.82, 2.24) is 10.6 Å². The first kappa shape index (κ1) is 13.6. The largest absolute Gasteiger partial charge is 0.388 e. The fourth-order valence-corrected chi connectivity index (χ4v) is 3.07. The standard InChI is InChI=1S/C10H16N4O3S/c1-12-10-14-6-8(16)7(15)5(4-13-3-2-11)17-9(6)18-10/h5-9,13,15-16H,3-4H2,1H3,(H,12,14)/t5-,6-,7-,8-,9-/m1/s1. The lowest BCUT2D eigenvalue weighted by molar-refractivity contribution is -0.150. The lowest BCUT2D eigenvalue weighted by Crippen LogP contribution is -2.57. The number of ether oxygens (including phenoxy) is 1. The molecule has 0 aromatic carbocycles. The van der Waals surface area contributed by atoms with Gasteiger partial charge in [0.1, 0.15) is 29.8 Å². The van der Waals surface area contributed by atoms with Crippen molar-refractivity contribution in [3.05, 3.63) is 0 Å². The van der Waals surface area contributed by atoms with E-state index in [4.69, 9.17) is 10.00 Å². The minimum atomic E-state index is -1.00. The number of fused-ring (bicyclic) bond motifs is 1. The molecule has 2 rings (SSSR count). The Morgan fingerprint density at radius 2 is 2.28 bits per heavy atom. The minimum absolute atomic E-state index is 0.183. The summed E-state index contributed by atoms with van der Waals surface area (Å²) < 4.78 is 5.70. The first-order valence-electron chi connectivity index (χ1n) is 5.69. The second-order valence-electron chi connectivity index (χ2n) is 4.11.